The molecule has 3 amide bonds. The maximum Gasteiger partial charge on any atom is 0.410 e. The van der Waals surface area contributed by atoms with Crippen LogP contribution in [0, 0.1) is 5.41 Å². The molecule has 2 N–H and O–H groups in total. The SMILES string of the molecule is CC(C)(C)C(=O)Nc1cc(CN2CC(C(F)(F)F)NC2=O)c(Cl)nn1. The molecular formula is C14H17ClF3N5O2. The predicted octanol–water partition coefficient (Wildman–Crippen LogP) is 2.57. The van der Waals surface area contributed by atoms with Gasteiger partial charge in [-0.05, 0) is 6.07 Å². The molecule has 0 bridgehead atoms. The maximum atomic E-state index is 12.7. The standard InChI is InChI=1S/C14H17ClF3N5O2/c1-13(2,3)11(24)20-9-4-7(10(15)22-21-9)5-23-6-8(14(16,17)18)19-12(23)25/h4,8H,5-6H2,1-3H3,(H,19,25)(H,20,21,24). The van der Waals surface area contributed by atoms with E-state index in [1.165, 1.54) is 6.07 Å². The van der Waals surface area contributed by atoms with Crippen LogP contribution in [0.2, 0.25) is 5.15 Å². The molecule has 1 atom stereocenters. The number of hydrogen-bond donors (Lipinski definition) is 2. The van der Waals surface area contributed by atoms with E-state index in [9.17, 15) is 22.8 Å². The molecule has 11 heteroatoms. The summed E-state index contributed by atoms with van der Waals surface area (Å²) in [4.78, 5) is 24.6. The van der Waals surface area contributed by atoms with Crippen molar-refractivity contribution in [2.45, 2.75) is 39.5 Å². The van der Waals surface area contributed by atoms with Gasteiger partial charge < -0.3 is 15.5 Å². The highest BCUT2D eigenvalue weighted by Gasteiger charge is 2.46. The van der Waals surface area contributed by atoms with Crippen molar-refractivity contribution < 1.29 is 22.8 Å². The summed E-state index contributed by atoms with van der Waals surface area (Å²) in [6.45, 7) is 4.39. The van der Waals surface area contributed by atoms with Gasteiger partial charge in [0.05, 0.1) is 13.1 Å². The third-order valence-corrected chi connectivity index (χ3v) is 3.81. The summed E-state index contributed by atoms with van der Waals surface area (Å²) >= 11 is 5.91. The number of rotatable bonds is 3. The highest BCUT2D eigenvalue weighted by Crippen LogP contribution is 2.26. The predicted molar refractivity (Wildman–Crippen MR) is 83.9 cm³/mol. The first-order valence-corrected chi connectivity index (χ1v) is 7.71. The average molecular weight is 380 g/mol. The third-order valence-electron chi connectivity index (χ3n) is 3.49. The van der Waals surface area contributed by atoms with Crippen molar-refractivity contribution in [3.8, 4) is 0 Å². The molecule has 7 nitrogen and oxygen atoms in total. The number of nitrogens with zero attached hydrogens (tertiary/aromatic N) is 3. The maximum absolute atomic E-state index is 12.7. The molecule has 0 spiro atoms. The summed E-state index contributed by atoms with van der Waals surface area (Å²) in [6, 6.07) is -1.41. The van der Waals surface area contributed by atoms with E-state index in [0.29, 0.717) is 0 Å². The molecular weight excluding hydrogens is 363 g/mol. The number of amides is 3. The van der Waals surface area contributed by atoms with E-state index in [-0.39, 0.29) is 29.0 Å². The van der Waals surface area contributed by atoms with Gasteiger partial charge in [-0.1, -0.05) is 32.4 Å². The second-order valence-corrected chi connectivity index (χ2v) is 7.03. The molecule has 0 radical (unpaired) electrons. The highest BCUT2D eigenvalue weighted by molar-refractivity contribution is 6.30. The Hall–Kier alpha value is -2.10. The molecule has 0 aromatic carbocycles. The lowest BCUT2D eigenvalue weighted by molar-refractivity contribution is -0.149. The van der Waals surface area contributed by atoms with Crippen molar-refractivity contribution in [3.63, 3.8) is 0 Å². The van der Waals surface area contributed by atoms with E-state index >= 15 is 0 Å². The molecule has 138 valence electrons. The van der Waals surface area contributed by atoms with Crippen molar-refractivity contribution in [1.29, 1.82) is 0 Å². The van der Waals surface area contributed by atoms with Gasteiger partial charge in [-0.25, -0.2) is 4.79 Å². The Balaban J connectivity index is 2.13. The smallest absolute Gasteiger partial charge is 0.324 e. The zero-order chi connectivity index (χ0) is 19.0. The van der Waals surface area contributed by atoms with E-state index in [2.05, 4.69) is 15.5 Å². The van der Waals surface area contributed by atoms with Crippen molar-refractivity contribution in [2.24, 2.45) is 5.41 Å². The number of nitrogens with one attached hydrogen (secondary N) is 2. The van der Waals surface area contributed by atoms with Gasteiger partial charge in [0.2, 0.25) is 5.91 Å². The third kappa shape index (κ3) is 4.71. The van der Waals surface area contributed by atoms with E-state index in [0.717, 1.165) is 4.90 Å². The molecule has 0 aliphatic carbocycles. The number of hydrogen-bond acceptors (Lipinski definition) is 4. The number of aromatic nitrogens is 2. The van der Waals surface area contributed by atoms with Gasteiger partial charge in [0, 0.05) is 11.0 Å². The van der Waals surface area contributed by atoms with E-state index in [1.54, 1.807) is 20.8 Å². The summed E-state index contributed by atoms with van der Waals surface area (Å²) < 4.78 is 38.1. The first-order chi connectivity index (χ1) is 11.4. The Bertz CT molecular complexity index is 690. The quantitative estimate of drug-likeness (QED) is 0.845. The van der Waals surface area contributed by atoms with Crippen molar-refractivity contribution in [2.75, 3.05) is 11.9 Å². The molecule has 1 saturated heterocycles. The molecule has 2 heterocycles. The molecule has 1 aliphatic rings. The number of halogens is 4. The van der Waals surface area contributed by atoms with Crippen LogP contribution in [-0.2, 0) is 11.3 Å². The fourth-order valence-electron chi connectivity index (χ4n) is 2.01. The largest absolute Gasteiger partial charge is 0.410 e. The lowest BCUT2D eigenvalue weighted by Gasteiger charge is -2.18. The van der Waals surface area contributed by atoms with E-state index in [4.69, 9.17) is 11.6 Å². The summed E-state index contributed by atoms with van der Waals surface area (Å²) in [7, 11) is 0. The molecule has 1 unspecified atom stereocenters. The Morgan fingerprint density at radius 2 is 2.04 bits per heavy atom. The molecule has 25 heavy (non-hydrogen) atoms. The first-order valence-electron chi connectivity index (χ1n) is 7.33. The number of anilines is 1. The summed E-state index contributed by atoms with van der Waals surface area (Å²) in [6.07, 6.45) is -4.53. The van der Waals surface area contributed by atoms with Gasteiger partial charge in [-0.2, -0.15) is 13.2 Å². The summed E-state index contributed by atoms with van der Waals surface area (Å²) in [5.74, 6) is -0.211. The second-order valence-electron chi connectivity index (χ2n) is 6.67. The van der Waals surface area contributed by atoms with E-state index in [1.807, 2.05) is 5.32 Å². The van der Waals surface area contributed by atoms with Gasteiger partial charge in [0.1, 0.15) is 6.04 Å². The molecule has 1 aliphatic heterocycles. The van der Waals surface area contributed by atoms with Crippen molar-refractivity contribution in [1.82, 2.24) is 20.4 Å². The Morgan fingerprint density at radius 3 is 2.56 bits per heavy atom. The van der Waals surface area contributed by atoms with Crippen molar-refractivity contribution >= 4 is 29.4 Å². The fraction of sp³-hybridized carbons (Fsp3) is 0.571. The van der Waals surface area contributed by atoms with Crippen LogP contribution < -0.4 is 10.6 Å². The van der Waals surface area contributed by atoms with Gasteiger partial charge in [0.25, 0.3) is 0 Å². The van der Waals surface area contributed by atoms with Gasteiger partial charge in [-0.3, -0.25) is 4.79 Å². The summed E-state index contributed by atoms with van der Waals surface area (Å²) in [5.41, 5.74) is -0.394. The molecule has 1 fully saturated rings. The lowest BCUT2D eigenvalue weighted by atomic mass is 9.96. The lowest BCUT2D eigenvalue weighted by Crippen LogP contribution is -2.40. The average Bonchev–Trinajstić information content (AvgIpc) is 2.83. The van der Waals surface area contributed by atoms with Crippen LogP contribution in [0.5, 0.6) is 0 Å². The Kier molecular flexibility index (Phi) is 5.12. The first kappa shape index (κ1) is 19.2. The Morgan fingerprint density at radius 1 is 1.40 bits per heavy atom. The van der Waals surface area contributed by atoms with Crippen LogP contribution in [0.1, 0.15) is 26.3 Å². The van der Waals surface area contributed by atoms with Crippen LogP contribution in [-0.4, -0.2) is 45.8 Å². The monoisotopic (exact) mass is 379 g/mol. The van der Waals surface area contributed by atoms with Crippen LogP contribution in [0.15, 0.2) is 6.07 Å². The topological polar surface area (TPSA) is 87.2 Å². The van der Waals surface area contributed by atoms with Crippen molar-refractivity contribution in [3.05, 3.63) is 16.8 Å². The Labute approximate surface area is 146 Å². The minimum absolute atomic E-state index is 0.0583. The fourth-order valence-corrected chi connectivity index (χ4v) is 2.16. The van der Waals surface area contributed by atoms with Gasteiger partial charge >= 0.3 is 12.2 Å². The number of urea groups is 1. The minimum Gasteiger partial charge on any atom is -0.324 e. The van der Waals surface area contributed by atoms with Gasteiger partial charge in [0.15, 0.2) is 11.0 Å². The number of carbonyl (C=O) groups excluding carboxylic acids is 2. The van der Waals surface area contributed by atoms with E-state index < -0.39 is 30.2 Å². The second kappa shape index (κ2) is 6.66. The minimum atomic E-state index is -4.53. The molecule has 1 aromatic rings. The van der Waals surface area contributed by atoms with Crippen LogP contribution >= 0.6 is 11.6 Å². The zero-order valence-electron chi connectivity index (χ0n) is 13.7. The molecule has 2 rings (SSSR count). The summed E-state index contributed by atoms with van der Waals surface area (Å²) in [5, 5.41) is 11.7. The van der Waals surface area contributed by atoms with Gasteiger partial charge in [-0.15, -0.1) is 10.2 Å². The van der Waals surface area contributed by atoms with Crippen LogP contribution in [0.25, 0.3) is 0 Å². The highest BCUT2D eigenvalue weighted by atomic mass is 35.5. The van der Waals surface area contributed by atoms with Crippen LogP contribution in [0.4, 0.5) is 23.8 Å². The molecule has 0 saturated carbocycles. The normalized spacial score (nSPS) is 18.3. The molecule has 1 aromatic heterocycles. The zero-order valence-corrected chi connectivity index (χ0v) is 14.5. The van der Waals surface area contributed by atoms with Crippen LogP contribution in [0.3, 0.4) is 0 Å². The number of carbonyl (C=O) groups is 2. The number of alkyl halides is 3.